The van der Waals surface area contributed by atoms with E-state index in [1.165, 1.54) is 38.4 Å². The summed E-state index contributed by atoms with van der Waals surface area (Å²) in [6.07, 6.45) is 3.07. The van der Waals surface area contributed by atoms with E-state index >= 15 is 0 Å². The van der Waals surface area contributed by atoms with Gasteiger partial charge in [0.1, 0.15) is 0 Å². The Kier molecular flexibility index (Phi) is 12.1. The number of rotatable bonds is 6. The van der Waals surface area contributed by atoms with Gasteiger partial charge in [0.25, 0.3) is 0 Å². The van der Waals surface area contributed by atoms with Crippen molar-refractivity contribution in [3.05, 3.63) is 108 Å². The molecule has 2 N–H and O–H groups in total. The van der Waals surface area contributed by atoms with Crippen molar-refractivity contribution >= 4 is 47.0 Å². The molecule has 200 valence electrons. The van der Waals surface area contributed by atoms with Gasteiger partial charge >= 0.3 is 16.5 Å². The SMILES string of the molecule is CC(=O)Nc1ccc(N=Cc2ccccc2[O-])cc1.CC(=O)Nc1ccc(N=Cc2ccccc2[O-])cc1.[Ni+2]. The van der Waals surface area contributed by atoms with Crippen LogP contribution in [0.4, 0.5) is 22.7 Å². The molecule has 0 aromatic heterocycles. The summed E-state index contributed by atoms with van der Waals surface area (Å²) in [5.41, 5.74) is 3.97. The number of nitrogens with zero attached hydrogens (tertiary/aromatic N) is 2. The van der Waals surface area contributed by atoms with Crippen molar-refractivity contribution in [2.24, 2.45) is 9.98 Å². The van der Waals surface area contributed by atoms with Crippen LogP contribution in [-0.2, 0) is 26.1 Å². The van der Waals surface area contributed by atoms with Crippen molar-refractivity contribution in [3.8, 4) is 11.5 Å². The Hall–Kier alpha value is -4.75. The second-order valence-electron chi connectivity index (χ2n) is 8.05. The minimum absolute atomic E-state index is 0. The van der Waals surface area contributed by atoms with E-state index in [2.05, 4.69) is 20.6 Å². The number of para-hydroxylation sites is 2. The molecule has 0 bridgehead atoms. The van der Waals surface area contributed by atoms with Gasteiger partial charge in [-0.15, -0.1) is 11.5 Å². The first-order valence-electron chi connectivity index (χ1n) is 11.7. The Bertz CT molecular complexity index is 1330. The summed E-state index contributed by atoms with van der Waals surface area (Å²) >= 11 is 0. The van der Waals surface area contributed by atoms with E-state index in [-0.39, 0.29) is 39.8 Å². The van der Waals surface area contributed by atoms with Crippen molar-refractivity contribution in [3.63, 3.8) is 0 Å². The summed E-state index contributed by atoms with van der Waals surface area (Å²) in [4.78, 5) is 30.2. The van der Waals surface area contributed by atoms with Crippen LogP contribution in [-0.4, -0.2) is 24.2 Å². The summed E-state index contributed by atoms with van der Waals surface area (Å²) in [7, 11) is 0. The van der Waals surface area contributed by atoms with Gasteiger partial charge in [0, 0.05) is 37.7 Å². The van der Waals surface area contributed by atoms with E-state index in [1.54, 1.807) is 84.9 Å². The van der Waals surface area contributed by atoms with Gasteiger partial charge in [-0.25, -0.2) is 0 Å². The third-order valence-electron chi connectivity index (χ3n) is 4.92. The van der Waals surface area contributed by atoms with Crippen LogP contribution < -0.4 is 20.8 Å². The molecule has 0 saturated carbocycles. The molecule has 0 saturated heterocycles. The van der Waals surface area contributed by atoms with E-state index in [1.807, 2.05) is 0 Å². The zero-order valence-electron chi connectivity index (χ0n) is 21.2. The van der Waals surface area contributed by atoms with Gasteiger partial charge in [-0.3, -0.25) is 19.6 Å². The average molecular weight is 565 g/mol. The molecule has 0 spiro atoms. The first-order valence-corrected chi connectivity index (χ1v) is 11.7. The normalized spacial score (nSPS) is 10.3. The number of hydrogen-bond acceptors (Lipinski definition) is 6. The third-order valence-corrected chi connectivity index (χ3v) is 4.92. The summed E-state index contributed by atoms with van der Waals surface area (Å²) in [5, 5.41) is 28.3. The molecule has 0 aliphatic carbocycles. The van der Waals surface area contributed by atoms with E-state index < -0.39 is 0 Å². The molecule has 0 fully saturated rings. The van der Waals surface area contributed by atoms with Gasteiger partial charge in [-0.05, 0) is 59.7 Å². The van der Waals surface area contributed by atoms with Crippen LogP contribution in [0.25, 0.3) is 0 Å². The Balaban J connectivity index is 0.000000267. The van der Waals surface area contributed by atoms with Crippen molar-refractivity contribution in [2.45, 2.75) is 13.8 Å². The van der Waals surface area contributed by atoms with Gasteiger partial charge in [-0.2, -0.15) is 0 Å². The smallest absolute Gasteiger partial charge is 0.872 e. The monoisotopic (exact) mass is 564 g/mol. The number of aliphatic imine (C=N–C) groups is 2. The molecule has 2 amide bonds. The van der Waals surface area contributed by atoms with Gasteiger partial charge in [0.15, 0.2) is 0 Å². The minimum atomic E-state index is -0.114. The number of carbonyl (C=O) groups excluding carboxylic acids is 2. The number of nitrogens with one attached hydrogen (secondary N) is 2. The van der Waals surface area contributed by atoms with E-state index in [9.17, 15) is 19.8 Å². The van der Waals surface area contributed by atoms with Gasteiger partial charge in [0.05, 0.1) is 11.4 Å². The van der Waals surface area contributed by atoms with Gasteiger partial charge < -0.3 is 20.8 Å². The Morgan fingerprint density at radius 3 is 1.23 bits per heavy atom. The summed E-state index contributed by atoms with van der Waals surface area (Å²) in [5.74, 6) is -0.338. The van der Waals surface area contributed by atoms with Gasteiger partial charge in [0.2, 0.25) is 11.8 Å². The summed E-state index contributed by atoms with van der Waals surface area (Å²) in [6.45, 7) is 2.91. The van der Waals surface area contributed by atoms with Crippen LogP contribution in [0.5, 0.6) is 11.5 Å². The van der Waals surface area contributed by atoms with Gasteiger partial charge in [-0.1, -0.05) is 48.5 Å². The van der Waals surface area contributed by atoms with E-state index in [0.717, 1.165) is 22.7 Å². The van der Waals surface area contributed by atoms with Crippen molar-refractivity contribution in [1.29, 1.82) is 0 Å². The average Bonchev–Trinajstić information content (AvgIpc) is 2.89. The number of anilines is 2. The standard InChI is InChI=1S/2C15H14N2O2.Ni/c2*1-11(18)17-14-8-6-13(7-9-14)16-10-12-4-2-3-5-15(12)19;/h2*2-10,19H,1H3,(H,17,18);/q;;+2/p-2. The fraction of sp³-hybridized carbons (Fsp3) is 0.0667. The zero-order chi connectivity index (χ0) is 27.3. The summed E-state index contributed by atoms with van der Waals surface area (Å²) in [6, 6.07) is 27.6. The van der Waals surface area contributed by atoms with Crippen LogP contribution in [0.2, 0.25) is 0 Å². The molecule has 4 rings (SSSR count). The molecule has 0 heterocycles. The van der Waals surface area contributed by atoms with Crippen molar-refractivity contribution in [2.75, 3.05) is 10.6 Å². The minimum Gasteiger partial charge on any atom is -0.872 e. The molecule has 0 aliphatic rings. The second-order valence-corrected chi connectivity index (χ2v) is 8.05. The number of hydrogen-bond donors (Lipinski definition) is 2. The molecule has 39 heavy (non-hydrogen) atoms. The fourth-order valence-electron chi connectivity index (χ4n) is 3.13. The molecule has 8 nitrogen and oxygen atoms in total. The molecular formula is C30H26N4NiO4. The van der Waals surface area contributed by atoms with E-state index in [0.29, 0.717) is 11.1 Å². The largest absolute Gasteiger partial charge is 2.00 e. The molecule has 0 unspecified atom stereocenters. The van der Waals surface area contributed by atoms with Crippen molar-refractivity contribution < 1.29 is 36.3 Å². The molecular weight excluding hydrogens is 539 g/mol. The molecule has 4 aromatic carbocycles. The predicted octanol–water partition coefficient (Wildman–Crippen LogP) is 4.94. The van der Waals surface area contributed by atoms with Crippen LogP contribution in [0.3, 0.4) is 0 Å². The maximum atomic E-state index is 11.5. The molecule has 0 aliphatic heterocycles. The third kappa shape index (κ3) is 10.6. The quantitative estimate of drug-likeness (QED) is 0.254. The molecule has 0 atom stereocenters. The maximum Gasteiger partial charge on any atom is 2.00 e. The van der Waals surface area contributed by atoms with Crippen LogP contribution in [0.1, 0.15) is 25.0 Å². The first-order chi connectivity index (χ1) is 18.3. The fourth-order valence-corrected chi connectivity index (χ4v) is 3.13. The van der Waals surface area contributed by atoms with Crippen LogP contribution >= 0.6 is 0 Å². The van der Waals surface area contributed by atoms with Crippen LogP contribution in [0.15, 0.2) is 107 Å². The number of benzene rings is 4. The number of amides is 2. The maximum absolute atomic E-state index is 11.5. The molecule has 9 heteroatoms. The molecule has 0 radical (unpaired) electrons. The zero-order valence-corrected chi connectivity index (χ0v) is 22.2. The Labute approximate surface area is 237 Å². The topological polar surface area (TPSA) is 129 Å². The van der Waals surface area contributed by atoms with Crippen molar-refractivity contribution in [1.82, 2.24) is 0 Å². The molecule has 4 aromatic rings. The number of carbonyl (C=O) groups is 2. The second kappa shape index (κ2) is 15.5. The summed E-state index contributed by atoms with van der Waals surface area (Å²) < 4.78 is 0. The van der Waals surface area contributed by atoms with Crippen LogP contribution in [0, 0.1) is 0 Å². The van der Waals surface area contributed by atoms with E-state index in [4.69, 9.17) is 0 Å². The predicted molar refractivity (Wildman–Crippen MR) is 148 cm³/mol. The Morgan fingerprint density at radius 1 is 0.590 bits per heavy atom. The first kappa shape index (κ1) is 30.5. The Morgan fingerprint density at radius 2 is 0.923 bits per heavy atom.